The fraction of sp³-hybridized carbons (Fsp3) is 0.211. The number of likely N-dealkylation sites (N-methyl/N-ethyl adjacent to an activating group) is 1. The van der Waals surface area contributed by atoms with E-state index in [0.29, 0.717) is 5.57 Å². The zero-order valence-corrected chi connectivity index (χ0v) is 13.1. The number of benzene rings is 2. The highest BCUT2D eigenvalue weighted by molar-refractivity contribution is 6.05. The van der Waals surface area contributed by atoms with Crippen molar-refractivity contribution in [2.24, 2.45) is 0 Å². The number of anilines is 1. The molecule has 21 heavy (non-hydrogen) atoms. The second-order valence-corrected chi connectivity index (χ2v) is 5.46. The van der Waals surface area contributed by atoms with Crippen LogP contribution in [0.1, 0.15) is 18.1 Å². The van der Waals surface area contributed by atoms with E-state index in [1.54, 1.807) is 18.9 Å². The van der Waals surface area contributed by atoms with Gasteiger partial charge in [-0.05, 0) is 43.5 Å². The zero-order valence-electron chi connectivity index (χ0n) is 13.1. The zero-order chi connectivity index (χ0) is 15.6. The Morgan fingerprint density at radius 3 is 2.24 bits per heavy atom. The summed E-state index contributed by atoms with van der Waals surface area (Å²) in [5.41, 5.74) is 6.10. The van der Waals surface area contributed by atoms with Crippen LogP contribution in [0.4, 0.5) is 5.69 Å². The van der Waals surface area contributed by atoms with Gasteiger partial charge in [-0.15, -0.1) is 0 Å². The van der Waals surface area contributed by atoms with Gasteiger partial charge >= 0.3 is 0 Å². The van der Waals surface area contributed by atoms with Crippen molar-refractivity contribution in [2.75, 3.05) is 11.9 Å². The standard InChI is InChI=1S/C19H21NO/c1-13(2)19(21)20(5)18-8-6-7-17(15(18)4)16-11-9-14(3)10-12-16/h6-12H,1H2,2-5H3. The molecule has 108 valence electrons. The molecule has 0 heterocycles. The third-order valence-corrected chi connectivity index (χ3v) is 3.70. The van der Waals surface area contributed by atoms with Crippen LogP contribution in [0, 0.1) is 13.8 Å². The molecule has 0 unspecified atom stereocenters. The average molecular weight is 279 g/mol. The minimum Gasteiger partial charge on any atom is -0.311 e. The van der Waals surface area contributed by atoms with Crippen LogP contribution < -0.4 is 4.90 Å². The van der Waals surface area contributed by atoms with Gasteiger partial charge in [-0.25, -0.2) is 0 Å². The lowest BCUT2D eigenvalue weighted by Crippen LogP contribution is -2.27. The fourth-order valence-electron chi connectivity index (χ4n) is 2.43. The molecule has 0 aliphatic rings. The van der Waals surface area contributed by atoms with Gasteiger partial charge in [0.1, 0.15) is 0 Å². The summed E-state index contributed by atoms with van der Waals surface area (Å²) in [6.07, 6.45) is 0. The number of nitrogens with zero attached hydrogens (tertiary/aromatic N) is 1. The first-order valence-corrected chi connectivity index (χ1v) is 7.02. The Morgan fingerprint density at radius 2 is 1.67 bits per heavy atom. The summed E-state index contributed by atoms with van der Waals surface area (Å²) in [5, 5.41) is 0. The van der Waals surface area contributed by atoms with Crippen LogP contribution in [0.3, 0.4) is 0 Å². The molecule has 0 radical (unpaired) electrons. The van der Waals surface area contributed by atoms with Crippen molar-refractivity contribution in [3.8, 4) is 11.1 Å². The molecular weight excluding hydrogens is 258 g/mol. The van der Waals surface area contributed by atoms with Crippen molar-refractivity contribution in [1.82, 2.24) is 0 Å². The molecule has 0 saturated carbocycles. The maximum absolute atomic E-state index is 12.1. The van der Waals surface area contributed by atoms with E-state index in [-0.39, 0.29) is 5.91 Å². The maximum Gasteiger partial charge on any atom is 0.253 e. The third kappa shape index (κ3) is 3.05. The van der Waals surface area contributed by atoms with E-state index in [9.17, 15) is 4.79 Å². The number of hydrogen-bond acceptors (Lipinski definition) is 1. The van der Waals surface area contributed by atoms with Crippen molar-refractivity contribution in [3.05, 3.63) is 65.7 Å². The maximum atomic E-state index is 12.1. The van der Waals surface area contributed by atoms with Gasteiger partial charge in [0.25, 0.3) is 5.91 Å². The minimum absolute atomic E-state index is 0.0563. The first-order chi connectivity index (χ1) is 9.91. The Bertz CT molecular complexity index is 683. The summed E-state index contributed by atoms with van der Waals surface area (Å²) < 4.78 is 0. The molecule has 0 N–H and O–H groups in total. The molecular formula is C19H21NO. The summed E-state index contributed by atoms with van der Waals surface area (Å²) in [4.78, 5) is 13.8. The van der Waals surface area contributed by atoms with E-state index < -0.39 is 0 Å². The molecule has 0 aliphatic heterocycles. The Morgan fingerprint density at radius 1 is 1.05 bits per heavy atom. The molecule has 0 spiro atoms. The van der Waals surface area contributed by atoms with Gasteiger partial charge in [-0.2, -0.15) is 0 Å². The predicted octanol–water partition coefficient (Wildman–Crippen LogP) is 4.51. The lowest BCUT2D eigenvalue weighted by atomic mass is 9.98. The Kier molecular flexibility index (Phi) is 4.27. The van der Waals surface area contributed by atoms with E-state index in [1.807, 2.05) is 19.1 Å². The number of rotatable bonds is 3. The number of carbonyl (C=O) groups excluding carboxylic acids is 1. The highest BCUT2D eigenvalue weighted by Gasteiger charge is 2.15. The molecule has 0 atom stereocenters. The van der Waals surface area contributed by atoms with Gasteiger partial charge in [0.15, 0.2) is 0 Å². The molecule has 2 heteroatoms. The third-order valence-electron chi connectivity index (χ3n) is 3.70. The highest BCUT2D eigenvalue weighted by atomic mass is 16.2. The molecule has 0 aliphatic carbocycles. The van der Waals surface area contributed by atoms with Crippen LogP contribution in [-0.2, 0) is 4.79 Å². The quantitative estimate of drug-likeness (QED) is 0.757. The van der Waals surface area contributed by atoms with Gasteiger partial charge in [-0.1, -0.05) is 48.5 Å². The normalized spacial score (nSPS) is 10.3. The second kappa shape index (κ2) is 5.96. The van der Waals surface area contributed by atoms with Crippen molar-refractivity contribution < 1.29 is 4.79 Å². The predicted molar refractivity (Wildman–Crippen MR) is 89.6 cm³/mol. The lowest BCUT2D eigenvalue weighted by molar-refractivity contribution is -0.114. The number of aryl methyl sites for hydroxylation is 1. The largest absolute Gasteiger partial charge is 0.311 e. The second-order valence-electron chi connectivity index (χ2n) is 5.46. The van der Waals surface area contributed by atoms with Crippen LogP contribution in [0.2, 0.25) is 0 Å². The van der Waals surface area contributed by atoms with Gasteiger partial charge in [0, 0.05) is 18.3 Å². The lowest BCUT2D eigenvalue weighted by Gasteiger charge is -2.21. The molecule has 2 aromatic rings. The average Bonchev–Trinajstić information content (AvgIpc) is 2.47. The summed E-state index contributed by atoms with van der Waals surface area (Å²) in [6.45, 7) is 9.59. The van der Waals surface area contributed by atoms with E-state index in [0.717, 1.165) is 22.4 Å². The molecule has 2 rings (SSSR count). The molecule has 0 bridgehead atoms. The van der Waals surface area contributed by atoms with E-state index in [1.165, 1.54) is 5.56 Å². The monoisotopic (exact) mass is 279 g/mol. The molecule has 0 aromatic heterocycles. The van der Waals surface area contributed by atoms with Crippen LogP contribution in [0.15, 0.2) is 54.6 Å². The van der Waals surface area contributed by atoms with Crippen molar-refractivity contribution in [2.45, 2.75) is 20.8 Å². The highest BCUT2D eigenvalue weighted by Crippen LogP contribution is 2.30. The number of amides is 1. The van der Waals surface area contributed by atoms with Gasteiger partial charge < -0.3 is 4.90 Å². The van der Waals surface area contributed by atoms with Crippen molar-refractivity contribution in [1.29, 1.82) is 0 Å². The number of carbonyl (C=O) groups is 1. The van der Waals surface area contributed by atoms with Gasteiger partial charge in [-0.3, -0.25) is 4.79 Å². The molecule has 0 saturated heterocycles. The Hall–Kier alpha value is -2.35. The van der Waals surface area contributed by atoms with Crippen LogP contribution >= 0.6 is 0 Å². The van der Waals surface area contributed by atoms with Crippen molar-refractivity contribution in [3.63, 3.8) is 0 Å². The van der Waals surface area contributed by atoms with Gasteiger partial charge in [0.2, 0.25) is 0 Å². The SMILES string of the molecule is C=C(C)C(=O)N(C)c1cccc(-c2ccc(C)cc2)c1C. The van der Waals surface area contributed by atoms with E-state index in [4.69, 9.17) is 0 Å². The van der Waals surface area contributed by atoms with E-state index in [2.05, 4.69) is 43.8 Å². The number of hydrogen-bond donors (Lipinski definition) is 0. The summed E-state index contributed by atoms with van der Waals surface area (Å²) in [5.74, 6) is -0.0563. The van der Waals surface area contributed by atoms with Crippen LogP contribution in [0.25, 0.3) is 11.1 Å². The van der Waals surface area contributed by atoms with Gasteiger partial charge in [0.05, 0.1) is 0 Å². The summed E-state index contributed by atoms with van der Waals surface area (Å²) in [7, 11) is 1.79. The molecule has 2 nitrogen and oxygen atoms in total. The minimum atomic E-state index is -0.0563. The Labute approximate surface area is 126 Å². The molecule has 2 aromatic carbocycles. The fourth-order valence-corrected chi connectivity index (χ4v) is 2.43. The first kappa shape index (κ1) is 15.0. The van der Waals surface area contributed by atoms with Crippen molar-refractivity contribution >= 4 is 11.6 Å². The van der Waals surface area contributed by atoms with Crippen LogP contribution in [0.5, 0.6) is 0 Å². The topological polar surface area (TPSA) is 20.3 Å². The smallest absolute Gasteiger partial charge is 0.253 e. The summed E-state index contributed by atoms with van der Waals surface area (Å²) in [6, 6.07) is 14.5. The summed E-state index contributed by atoms with van der Waals surface area (Å²) >= 11 is 0. The molecule has 1 amide bonds. The molecule has 0 fully saturated rings. The first-order valence-electron chi connectivity index (χ1n) is 7.02. The van der Waals surface area contributed by atoms with E-state index >= 15 is 0 Å². The van der Waals surface area contributed by atoms with Crippen LogP contribution in [-0.4, -0.2) is 13.0 Å². The Balaban J connectivity index is 2.47.